The molecule has 17 heavy (non-hydrogen) atoms. The van der Waals surface area contributed by atoms with Gasteiger partial charge >= 0.3 is 0 Å². The molecule has 0 N–H and O–H groups in total. The third-order valence-corrected chi connectivity index (χ3v) is 4.27. The van der Waals surface area contributed by atoms with Crippen LogP contribution in [0.1, 0.15) is 11.5 Å². The van der Waals surface area contributed by atoms with E-state index in [0.717, 1.165) is 0 Å². The predicted molar refractivity (Wildman–Crippen MR) is 63.4 cm³/mol. The molecule has 1 heterocycles. The van der Waals surface area contributed by atoms with Gasteiger partial charge in [0.15, 0.2) is 0 Å². The molecule has 0 amide bonds. The van der Waals surface area contributed by atoms with E-state index in [4.69, 9.17) is 0 Å². The summed E-state index contributed by atoms with van der Waals surface area (Å²) in [6.07, 6.45) is 1.36. The number of aromatic nitrogens is 2. The zero-order chi connectivity index (χ0) is 12.5. The molecule has 1 aromatic heterocycles. The Hall–Kier alpha value is -1.75. The molecule has 0 aliphatic carbocycles. The van der Waals surface area contributed by atoms with E-state index >= 15 is 0 Å². The third kappa shape index (κ3) is 2.19. The van der Waals surface area contributed by atoms with Gasteiger partial charge in [-0.1, -0.05) is 18.2 Å². The molecule has 2 rings (SSSR count). The molecule has 5 heteroatoms. The standard InChI is InChI=1S/C12H12N2O2S/c1-9-12(8-13-10(2)14-9)17(15,16)11-6-4-3-5-7-11/h3-8H,1-2H3. The normalized spacial score (nSPS) is 11.4. The summed E-state index contributed by atoms with van der Waals surface area (Å²) in [5, 5.41) is 0. The van der Waals surface area contributed by atoms with Gasteiger partial charge in [-0.2, -0.15) is 0 Å². The highest BCUT2D eigenvalue weighted by molar-refractivity contribution is 7.91. The monoisotopic (exact) mass is 248 g/mol. The lowest BCUT2D eigenvalue weighted by molar-refractivity contribution is 0.594. The quantitative estimate of drug-likeness (QED) is 0.814. The third-order valence-electron chi connectivity index (χ3n) is 2.40. The van der Waals surface area contributed by atoms with E-state index in [1.807, 2.05) is 0 Å². The molecule has 0 aliphatic heterocycles. The Balaban J connectivity index is 2.61. The molecule has 0 saturated carbocycles. The fraction of sp³-hybridized carbons (Fsp3) is 0.167. The van der Waals surface area contributed by atoms with E-state index in [1.54, 1.807) is 44.2 Å². The summed E-state index contributed by atoms with van der Waals surface area (Å²) in [5.74, 6) is 0.564. The van der Waals surface area contributed by atoms with Crippen LogP contribution in [-0.2, 0) is 9.84 Å². The summed E-state index contributed by atoms with van der Waals surface area (Å²) in [6.45, 7) is 3.40. The molecule has 0 bridgehead atoms. The topological polar surface area (TPSA) is 59.9 Å². The van der Waals surface area contributed by atoms with Crippen molar-refractivity contribution in [2.45, 2.75) is 23.6 Å². The summed E-state index contributed by atoms with van der Waals surface area (Å²) in [6, 6.07) is 8.29. The minimum Gasteiger partial charge on any atom is -0.240 e. The number of hydrogen-bond acceptors (Lipinski definition) is 4. The Morgan fingerprint density at radius 3 is 2.29 bits per heavy atom. The number of benzene rings is 1. The van der Waals surface area contributed by atoms with Crippen LogP contribution in [-0.4, -0.2) is 18.4 Å². The Bertz CT molecular complexity index is 637. The molecule has 0 aliphatic rings. The first kappa shape index (κ1) is 11.7. The highest BCUT2D eigenvalue weighted by atomic mass is 32.2. The van der Waals surface area contributed by atoms with Crippen molar-refractivity contribution in [3.05, 3.63) is 48.0 Å². The zero-order valence-corrected chi connectivity index (χ0v) is 10.4. The van der Waals surface area contributed by atoms with E-state index in [0.29, 0.717) is 11.5 Å². The van der Waals surface area contributed by atoms with Crippen LogP contribution in [0.15, 0.2) is 46.3 Å². The summed E-state index contributed by atoms with van der Waals surface area (Å²) < 4.78 is 24.6. The fourth-order valence-corrected chi connectivity index (χ4v) is 2.96. The SMILES string of the molecule is Cc1ncc(S(=O)(=O)c2ccccc2)c(C)n1. The summed E-state index contributed by atoms with van der Waals surface area (Å²) in [7, 11) is -3.51. The minimum atomic E-state index is -3.51. The van der Waals surface area contributed by atoms with E-state index in [-0.39, 0.29) is 9.79 Å². The molecule has 0 atom stereocenters. The lowest BCUT2D eigenvalue weighted by Gasteiger charge is -2.06. The van der Waals surface area contributed by atoms with Crippen LogP contribution in [0.5, 0.6) is 0 Å². The Kier molecular flexibility index (Phi) is 2.93. The van der Waals surface area contributed by atoms with Gasteiger partial charge in [0.1, 0.15) is 10.7 Å². The smallest absolute Gasteiger partial charge is 0.209 e. The molecular formula is C12H12N2O2S. The number of nitrogens with zero attached hydrogens (tertiary/aromatic N) is 2. The molecule has 0 radical (unpaired) electrons. The van der Waals surface area contributed by atoms with Gasteiger partial charge in [-0.15, -0.1) is 0 Å². The van der Waals surface area contributed by atoms with Crippen LogP contribution in [0.25, 0.3) is 0 Å². The van der Waals surface area contributed by atoms with Crippen LogP contribution in [0, 0.1) is 13.8 Å². The number of rotatable bonds is 2. The van der Waals surface area contributed by atoms with Crippen LogP contribution in [0.3, 0.4) is 0 Å². The second kappa shape index (κ2) is 4.25. The van der Waals surface area contributed by atoms with E-state index < -0.39 is 9.84 Å². The molecule has 0 spiro atoms. The second-order valence-corrected chi connectivity index (χ2v) is 5.60. The van der Waals surface area contributed by atoms with Gasteiger partial charge in [-0.25, -0.2) is 18.4 Å². The second-order valence-electron chi connectivity index (χ2n) is 3.68. The van der Waals surface area contributed by atoms with Gasteiger partial charge in [0.2, 0.25) is 9.84 Å². The average molecular weight is 248 g/mol. The Morgan fingerprint density at radius 2 is 1.71 bits per heavy atom. The molecule has 0 saturated heterocycles. The molecule has 1 aromatic carbocycles. The van der Waals surface area contributed by atoms with Crippen molar-refractivity contribution in [2.75, 3.05) is 0 Å². The maximum atomic E-state index is 12.3. The van der Waals surface area contributed by atoms with Gasteiger partial charge in [0.05, 0.1) is 10.6 Å². The van der Waals surface area contributed by atoms with Crippen molar-refractivity contribution in [3.8, 4) is 0 Å². The first-order chi connectivity index (χ1) is 8.01. The molecule has 0 fully saturated rings. The van der Waals surface area contributed by atoms with Crippen LogP contribution < -0.4 is 0 Å². The van der Waals surface area contributed by atoms with Crippen LogP contribution in [0.4, 0.5) is 0 Å². The highest BCUT2D eigenvalue weighted by Crippen LogP contribution is 2.21. The van der Waals surface area contributed by atoms with Gasteiger partial charge in [0, 0.05) is 6.20 Å². The van der Waals surface area contributed by atoms with Crippen molar-refractivity contribution in [3.63, 3.8) is 0 Å². The first-order valence-electron chi connectivity index (χ1n) is 5.12. The lowest BCUT2D eigenvalue weighted by atomic mass is 10.4. The predicted octanol–water partition coefficient (Wildman–Crippen LogP) is 1.93. The maximum absolute atomic E-state index is 12.3. The number of sulfone groups is 1. The largest absolute Gasteiger partial charge is 0.240 e. The van der Waals surface area contributed by atoms with Gasteiger partial charge in [0.25, 0.3) is 0 Å². The van der Waals surface area contributed by atoms with E-state index in [2.05, 4.69) is 9.97 Å². The zero-order valence-electron chi connectivity index (χ0n) is 9.58. The molecule has 88 valence electrons. The van der Waals surface area contributed by atoms with E-state index in [9.17, 15) is 8.42 Å². The number of hydrogen-bond donors (Lipinski definition) is 0. The van der Waals surface area contributed by atoms with Crippen LogP contribution in [0.2, 0.25) is 0 Å². The van der Waals surface area contributed by atoms with Crippen molar-refractivity contribution in [1.82, 2.24) is 9.97 Å². The fourth-order valence-electron chi connectivity index (χ4n) is 1.56. The average Bonchev–Trinajstić information content (AvgIpc) is 2.29. The summed E-state index contributed by atoms with van der Waals surface area (Å²) >= 11 is 0. The van der Waals surface area contributed by atoms with Crippen molar-refractivity contribution in [1.29, 1.82) is 0 Å². The Labute approximate surface area is 100 Å². The molecule has 2 aromatic rings. The first-order valence-corrected chi connectivity index (χ1v) is 6.60. The molecule has 0 unspecified atom stereocenters. The molecule has 4 nitrogen and oxygen atoms in total. The number of aryl methyl sites for hydroxylation is 2. The van der Waals surface area contributed by atoms with Crippen molar-refractivity contribution >= 4 is 9.84 Å². The van der Waals surface area contributed by atoms with E-state index in [1.165, 1.54) is 6.20 Å². The van der Waals surface area contributed by atoms with Gasteiger partial charge < -0.3 is 0 Å². The van der Waals surface area contributed by atoms with Crippen molar-refractivity contribution in [2.24, 2.45) is 0 Å². The summed E-state index contributed by atoms with van der Waals surface area (Å²) in [5.41, 5.74) is 0.473. The highest BCUT2D eigenvalue weighted by Gasteiger charge is 2.20. The summed E-state index contributed by atoms with van der Waals surface area (Å²) in [4.78, 5) is 8.44. The van der Waals surface area contributed by atoms with Crippen molar-refractivity contribution < 1.29 is 8.42 Å². The van der Waals surface area contributed by atoms with Crippen LogP contribution >= 0.6 is 0 Å². The lowest BCUT2D eigenvalue weighted by Crippen LogP contribution is -2.07. The van der Waals surface area contributed by atoms with Gasteiger partial charge in [-0.05, 0) is 26.0 Å². The molecular weight excluding hydrogens is 236 g/mol. The van der Waals surface area contributed by atoms with Gasteiger partial charge in [-0.3, -0.25) is 0 Å². The Morgan fingerprint density at radius 1 is 1.06 bits per heavy atom. The maximum Gasteiger partial charge on any atom is 0.209 e. The minimum absolute atomic E-state index is 0.161.